The molecule has 4 rings (SSSR count). The highest BCUT2D eigenvalue weighted by Gasteiger charge is 2.35. The van der Waals surface area contributed by atoms with E-state index in [2.05, 4.69) is 15.2 Å². The van der Waals surface area contributed by atoms with Crippen LogP contribution in [0.25, 0.3) is 11.3 Å². The Bertz CT molecular complexity index is 1000. The quantitative estimate of drug-likeness (QED) is 0.607. The molecule has 138 valence electrons. The van der Waals surface area contributed by atoms with E-state index >= 15 is 0 Å². The van der Waals surface area contributed by atoms with E-state index in [9.17, 15) is 4.79 Å². The normalized spacial score (nSPS) is 15.5. The van der Waals surface area contributed by atoms with Crippen LogP contribution < -0.4 is 9.64 Å². The van der Waals surface area contributed by atoms with Gasteiger partial charge in [0.05, 0.1) is 10.6 Å². The summed E-state index contributed by atoms with van der Waals surface area (Å²) < 4.78 is 6.31. The van der Waals surface area contributed by atoms with E-state index in [-0.39, 0.29) is 5.91 Å². The van der Waals surface area contributed by atoms with Crippen LogP contribution in [0, 0.1) is 6.92 Å². The van der Waals surface area contributed by atoms with Gasteiger partial charge in [-0.05, 0) is 35.8 Å². The van der Waals surface area contributed by atoms with E-state index in [0.717, 1.165) is 27.4 Å². The summed E-state index contributed by atoms with van der Waals surface area (Å²) in [5.74, 6) is 1.13. The molecule has 8 heteroatoms. The summed E-state index contributed by atoms with van der Waals surface area (Å²) in [7, 11) is 0. The van der Waals surface area contributed by atoms with Crippen molar-refractivity contribution in [2.75, 3.05) is 10.7 Å². The predicted molar refractivity (Wildman–Crippen MR) is 107 cm³/mol. The number of nitrogens with zero attached hydrogens (tertiary/aromatic N) is 4. The zero-order chi connectivity index (χ0) is 19.0. The van der Waals surface area contributed by atoms with Gasteiger partial charge in [0.2, 0.25) is 23.2 Å². The molecular formula is C19H18N4O2S2. The number of rotatable bonds is 3. The SMILES string of the molecule is CCSc1nnc2c(n1)OC(c1sccc1C)N(C(C)=O)c1ccccc1-2. The molecule has 0 aliphatic carbocycles. The summed E-state index contributed by atoms with van der Waals surface area (Å²) in [4.78, 5) is 19.9. The minimum atomic E-state index is -0.596. The van der Waals surface area contributed by atoms with Gasteiger partial charge >= 0.3 is 0 Å². The molecule has 0 radical (unpaired) electrons. The molecule has 1 aliphatic heterocycles. The highest BCUT2D eigenvalue weighted by atomic mass is 32.2. The summed E-state index contributed by atoms with van der Waals surface area (Å²) in [6, 6.07) is 9.66. The van der Waals surface area contributed by atoms with Gasteiger partial charge in [-0.3, -0.25) is 9.69 Å². The Morgan fingerprint density at radius 2 is 2.11 bits per heavy atom. The van der Waals surface area contributed by atoms with Crippen LogP contribution in [0.1, 0.15) is 30.5 Å². The fourth-order valence-electron chi connectivity index (χ4n) is 3.05. The maximum atomic E-state index is 12.6. The maximum absolute atomic E-state index is 12.6. The topological polar surface area (TPSA) is 68.2 Å². The van der Waals surface area contributed by atoms with Crippen molar-refractivity contribution in [3.8, 4) is 17.1 Å². The molecule has 0 spiro atoms. The second-order valence-electron chi connectivity index (χ2n) is 6.03. The minimum absolute atomic E-state index is 0.107. The van der Waals surface area contributed by atoms with Gasteiger partial charge in [-0.25, -0.2) is 0 Å². The number of carbonyl (C=O) groups is 1. The molecule has 1 aliphatic rings. The molecule has 0 saturated carbocycles. The lowest BCUT2D eigenvalue weighted by Gasteiger charge is -2.29. The third-order valence-electron chi connectivity index (χ3n) is 4.25. The van der Waals surface area contributed by atoms with E-state index in [1.807, 2.05) is 49.6 Å². The molecule has 1 aromatic carbocycles. The first kappa shape index (κ1) is 17.9. The van der Waals surface area contributed by atoms with Gasteiger partial charge in [0.15, 0.2) is 5.69 Å². The number of carbonyl (C=O) groups excluding carboxylic acids is 1. The molecule has 3 heterocycles. The number of amides is 1. The van der Waals surface area contributed by atoms with Crippen molar-refractivity contribution >= 4 is 34.7 Å². The molecule has 3 aromatic rings. The molecule has 6 nitrogen and oxygen atoms in total. The van der Waals surface area contributed by atoms with Crippen LogP contribution in [-0.4, -0.2) is 26.8 Å². The number of aryl methyl sites for hydroxylation is 1. The molecule has 2 aromatic heterocycles. The first-order valence-corrected chi connectivity index (χ1v) is 10.4. The van der Waals surface area contributed by atoms with Crippen LogP contribution in [-0.2, 0) is 4.79 Å². The summed E-state index contributed by atoms with van der Waals surface area (Å²) in [5.41, 5.74) is 3.15. The summed E-state index contributed by atoms with van der Waals surface area (Å²) in [5, 5.41) is 11.2. The molecule has 1 atom stereocenters. The summed E-state index contributed by atoms with van der Waals surface area (Å²) in [6.45, 7) is 5.59. The van der Waals surface area contributed by atoms with Crippen LogP contribution in [0.4, 0.5) is 5.69 Å². The van der Waals surface area contributed by atoms with Gasteiger partial charge in [0.1, 0.15) is 0 Å². The number of anilines is 1. The third kappa shape index (κ3) is 3.19. The largest absolute Gasteiger partial charge is 0.446 e. The van der Waals surface area contributed by atoms with Crippen LogP contribution in [0.2, 0.25) is 0 Å². The van der Waals surface area contributed by atoms with Crippen molar-refractivity contribution in [3.05, 3.63) is 46.2 Å². The fraction of sp³-hybridized carbons (Fsp3) is 0.263. The van der Waals surface area contributed by atoms with Crippen molar-refractivity contribution in [3.63, 3.8) is 0 Å². The molecular weight excluding hydrogens is 380 g/mol. The number of aromatic nitrogens is 3. The van der Waals surface area contributed by atoms with E-state index < -0.39 is 6.23 Å². The smallest absolute Gasteiger partial charge is 0.247 e. The Balaban J connectivity index is 1.96. The van der Waals surface area contributed by atoms with Gasteiger partial charge in [-0.2, -0.15) is 4.98 Å². The van der Waals surface area contributed by atoms with Gasteiger partial charge in [0, 0.05) is 12.5 Å². The number of para-hydroxylation sites is 1. The highest BCUT2D eigenvalue weighted by molar-refractivity contribution is 7.99. The predicted octanol–water partition coefficient (Wildman–Crippen LogP) is 4.46. The molecule has 0 N–H and O–H groups in total. The molecule has 1 amide bonds. The lowest BCUT2D eigenvalue weighted by atomic mass is 10.1. The minimum Gasteiger partial charge on any atom is -0.446 e. The molecule has 1 unspecified atom stereocenters. The van der Waals surface area contributed by atoms with Crippen molar-refractivity contribution < 1.29 is 9.53 Å². The zero-order valence-corrected chi connectivity index (χ0v) is 16.8. The first-order valence-electron chi connectivity index (χ1n) is 8.57. The van der Waals surface area contributed by atoms with E-state index in [1.54, 1.807) is 23.2 Å². The van der Waals surface area contributed by atoms with Crippen LogP contribution >= 0.6 is 23.1 Å². The average Bonchev–Trinajstić information content (AvgIpc) is 3.01. The number of ether oxygens (including phenoxy) is 1. The van der Waals surface area contributed by atoms with Crippen molar-refractivity contribution in [2.24, 2.45) is 0 Å². The lowest BCUT2D eigenvalue weighted by Crippen LogP contribution is -2.35. The Kier molecular flexibility index (Phi) is 4.84. The van der Waals surface area contributed by atoms with E-state index in [1.165, 1.54) is 11.8 Å². The Hall–Kier alpha value is -2.45. The standard InChI is InChI=1S/C19H18N4O2S2/c1-4-26-19-20-17-15(21-22-19)13-7-5-6-8-14(13)23(12(3)24)18(25-17)16-11(2)9-10-27-16/h5-10,18H,4H2,1-3H3. The highest BCUT2D eigenvalue weighted by Crippen LogP contribution is 2.44. The van der Waals surface area contributed by atoms with Gasteiger partial charge in [-0.1, -0.05) is 36.9 Å². The number of benzene rings is 1. The summed E-state index contributed by atoms with van der Waals surface area (Å²) >= 11 is 3.06. The zero-order valence-electron chi connectivity index (χ0n) is 15.2. The van der Waals surface area contributed by atoms with E-state index in [4.69, 9.17) is 4.74 Å². The molecule has 0 fully saturated rings. The third-order valence-corrected chi connectivity index (χ3v) is 6.02. The van der Waals surface area contributed by atoms with E-state index in [0.29, 0.717) is 16.7 Å². The molecule has 27 heavy (non-hydrogen) atoms. The average molecular weight is 399 g/mol. The number of hydrogen-bond acceptors (Lipinski definition) is 7. The van der Waals surface area contributed by atoms with Crippen molar-refractivity contribution in [1.82, 2.24) is 15.2 Å². The van der Waals surface area contributed by atoms with Gasteiger partial charge < -0.3 is 4.74 Å². The second-order valence-corrected chi connectivity index (χ2v) is 8.20. The Morgan fingerprint density at radius 3 is 2.81 bits per heavy atom. The van der Waals surface area contributed by atoms with Crippen molar-refractivity contribution in [2.45, 2.75) is 32.2 Å². The number of fused-ring (bicyclic) bond motifs is 3. The fourth-order valence-corrected chi connectivity index (χ4v) is 4.50. The number of thiophene rings is 1. The van der Waals surface area contributed by atoms with Crippen LogP contribution in [0.3, 0.4) is 0 Å². The second kappa shape index (κ2) is 7.28. The maximum Gasteiger partial charge on any atom is 0.247 e. The Morgan fingerprint density at radius 1 is 1.30 bits per heavy atom. The molecule has 0 bridgehead atoms. The van der Waals surface area contributed by atoms with Gasteiger partial charge in [-0.15, -0.1) is 21.5 Å². The first-order chi connectivity index (χ1) is 13.1. The molecule has 0 saturated heterocycles. The van der Waals surface area contributed by atoms with Crippen LogP contribution in [0.15, 0.2) is 40.9 Å². The number of thioether (sulfide) groups is 1. The Labute approximate surface area is 165 Å². The van der Waals surface area contributed by atoms with Gasteiger partial charge in [0.25, 0.3) is 0 Å². The van der Waals surface area contributed by atoms with Crippen LogP contribution in [0.5, 0.6) is 5.88 Å². The monoisotopic (exact) mass is 398 g/mol. The summed E-state index contributed by atoms with van der Waals surface area (Å²) in [6.07, 6.45) is -0.596. The number of hydrogen-bond donors (Lipinski definition) is 0. The lowest BCUT2D eigenvalue weighted by molar-refractivity contribution is -0.118. The van der Waals surface area contributed by atoms with Crippen molar-refractivity contribution in [1.29, 1.82) is 0 Å².